The minimum absolute atomic E-state index is 0.298. The Kier molecular flexibility index (Phi) is 4.37. The highest BCUT2D eigenvalue weighted by molar-refractivity contribution is 6.34. The van der Waals surface area contributed by atoms with Gasteiger partial charge in [-0.1, -0.05) is 48.0 Å². The van der Waals surface area contributed by atoms with E-state index in [1.807, 2.05) is 37.3 Å². The van der Waals surface area contributed by atoms with Gasteiger partial charge in [0.1, 0.15) is 5.75 Å². The van der Waals surface area contributed by atoms with Gasteiger partial charge >= 0.3 is 6.09 Å². The zero-order valence-electron chi connectivity index (χ0n) is 12.7. The number of nitrogens with zero attached hydrogens (tertiary/aromatic N) is 1. The van der Waals surface area contributed by atoms with Crippen LogP contribution in [0.25, 0.3) is 0 Å². The summed E-state index contributed by atoms with van der Waals surface area (Å²) in [5, 5.41) is 0.466. The molecule has 1 amide bonds. The van der Waals surface area contributed by atoms with E-state index in [0.717, 1.165) is 11.1 Å². The highest BCUT2D eigenvalue weighted by Crippen LogP contribution is 2.42. The summed E-state index contributed by atoms with van der Waals surface area (Å²) in [7, 11) is 0. The molecular weight excluding hydrogens is 314 g/mol. The predicted molar refractivity (Wildman–Crippen MR) is 90.0 cm³/mol. The van der Waals surface area contributed by atoms with Gasteiger partial charge in [-0.15, -0.1) is 6.58 Å². The SMILES string of the molecule is C=CCOC1c2ccccc2OC(=O)N1c1c(C)cccc1Cl. The number of anilines is 1. The molecule has 0 fully saturated rings. The monoisotopic (exact) mass is 329 g/mol. The Morgan fingerprint density at radius 3 is 2.83 bits per heavy atom. The summed E-state index contributed by atoms with van der Waals surface area (Å²) in [6.07, 6.45) is 0.498. The van der Waals surface area contributed by atoms with Crippen LogP contribution in [0.15, 0.2) is 55.1 Å². The van der Waals surface area contributed by atoms with Crippen LogP contribution in [-0.2, 0) is 4.74 Å². The minimum atomic E-state index is -0.621. The highest BCUT2D eigenvalue weighted by atomic mass is 35.5. The van der Waals surface area contributed by atoms with Gasteiger partial charge in [-0.2, -0.15) is 0 Å². The van der Waals surface area contributed by atoms with Crippen LogP contribution < -0.4 is 9.64 Å². The van der Waals surface area contributed by atoms with E-state index in [2.05, 4.69) is 6.58 Å². The standard InChI is InChI=1S/C18H16ClNO3/c1-3-11-22-17-13-8-4-5-10-15(13)23-18(21)20(17)16-12(2)7-6-9-14(16)19/h3-10,17H,1,11H2,2H3. The van der Waals surface area contributed by atoms with E-state index in [1.165, 1.54) is 4.90 Å². The molecule has 23 heavy (non-hydrogen) atoms. The van der Waals surface area contributed by atoms with Crippen molar-refractivity contribution in [2.45, 2.75) is 13.2 Å². The molecule has 1 atom stereocenters. The van der Waals surface area contributed by atoms with Crippen LogP contribution in [0.3, 0.4) is 0 Å². The number of hydrogen-bond acceptors (Lipinski definition) is 3. The van der Waals surface area contributed by atoms with Gasteiger partial charge in [0.2, 0.25) is 0 Å². The Hall–Kier alpha value is -2.30. The van der Waals surface area contributed by atoms with E-state index in [1.54, 1.807) is 18.2 Å². The fourth-order valence-corrected chi connectivity index (χ4v) is 2.93. The van der Waals surface area contributed by atoms with Crippen LogP contribution in [0.2, 0.25) is 5.02 Å². The van der Waals surface area contributed by atoms with Crippen molar-refractivity contribution in [2.24, 2.45) is 0 Å². The van der Waals surface area contributed by atoms with Gasteiger partial charge in [0.15, 0.2) is 6.23 Å². The maximum absolute atomic E-state index is 12.6. The van der Waals surface area contributed by atoms with Gasteiger partial charge in [-0.25, -0.2) is 9.69 Å². The van der Waals surface area contributed by atoms with Gasteiger partial charge in [0.25, 0.3) is 0 Å². The Morgan fingerprint density at radius 1 is 1.30 bits per heavy atom. The van der Waals surface area contributed by atoms with Crippen molar-refractivity contribution in [3.63, 3.8) is 0 Å². The third-order valence-corrected chi connectivity index (χ3v) is 3.92. The maximum Gasteiger partial charge on any atom is 0.422 e. The van der Waals surface area contributed by atoms with E-state index in [9.17, 15) is 4.79 Å². The molecule has 0 saturated heterocycles. The lowest BCUT2D eigenvalue weighted by atomic mass is 10.1. The summed E-state index contributed by atoms with van der Waals surface area (Å²) >= 11 is 6.33. The Balaban J connectivity index is 2.14. The fraction of sp³-hybridized carbons (Fsp3) is 0.167. The Labute approximate surface area is 139 Å². The average molecular weight is 330 g/mol. The minimum Gasteiger partial charge on any atom is -0.409 e. The van der Waals surface area contributed by atoms with Crippen molar-refractivity contribution in [3.05, 3.63) is 71.3 Å². The Bertz CT molecular complexity index is 739. The highest BCUT2D eigenvalue weighted by Gasteiger charge is 2.37. The molecule has 0 spiro atoms. The molecule has 0 radical (unpaired) electrons. The lowest BCUT2D eigenvalue weighted by Crippen LogP contribution is -2.42. The summed E-state index contributed by atoms with van der Waals surface area (Å²) in [5.74, 6) is 0.493. The van der Waals surface area contributed by atoms with E-state index >= 15 is 0 Å². The lowest BCUT2D eigenvalue weighted by molar-refractivity contribution is 0.0610. The van der Waals surface area contributed by atoms with Crippen LogP contribution in [-0.4, -0.2) is 12.7 Å². The van der Waals surface area contributed by atoms with Gasteiger partial charge in [0, 0.05) is 5.56 Å². The first-order chi connectivity index (χ1) is 11.1. The molecule has 118 valence electrons. The zero-order valence-corrected chi connectivity index (χ0v) is 13.4. The topological polar surface area (TPSA) is 38.8 Å². The number of amides is 1. The summed E-state index contributed by atoms with van der Waals surface area (Å²) in [6, 6.07) is 12.8. The number of carbonyl (C=O) groups excluding carboxylic acids is 1. The first kappa shape index (κ1) is 15.6. The van der Waals surface area contributed by atoms with Crippen molar-refractivity contribution in [1.82, 2.24) is 0 Å². The third kappa shape index (κ3) is 2.83. The first-order valence-electron chi connectivity index (χ1n) is 7.21. The molecule has 4 nitrogen and oxygen atoms in total. The smallest absolute Gasteiger partial charge is 0.409 e. The van der Waals surface area contributed by atoms with Crippen molar-refractivity contribution >= 4 is 23.4 Å². The largest absolute Gasteiger partial charge is 0.422 e. The van der Waals surface area contributed by atoms with Crippen LogP contribution >= 0.6 is 11.6 Å². The molecule has 5 heteroatoms. The molecule has 0 aliphatic carbocycles. The second-order valence-corrected chi connectivity index (χ2v) is 5.56. The molecule has 3 rings (SSSR count). The van der Waals surface area contributed by atoms with Crippen molar-refractivity contribution in [1.29, 1.82) is 0 Å². The van der Waals surface area contributed by atoms with Gasteiger partial charge < -0.3 is 9.47 Å². The molecule has 2 aromatic rings. The number of rotatable bonds is 4. The molecule has 1 aliphatic rings. The molecule has 0 N–H and O–H groups in total. The van der Waals surface area contributed by atoms with E-state index < -0.39 is 12.3 Å². The molecule has 0 saturated carbocycles. The quantitative estimate of drug-likeness (QED) is 0.751. The van der Waals surface area contributed by atoms with Gasteiger partial charge in [-0.05, 0) is 24.6 Å². The van der Waals surface area contributed by atoms with E-state index in [-0.39, 0.29) is 0 Å². The van der Waals surface area contributed by atoms with Gasteiger partial charge in [0.05, 0.1) is 17.3 Å². The Morgan fingerprint density at radius 2 is 2.09 bits per heavy atom. The maximum atomic E-state index is 12.6. The van der Waals surface area contributed by atoms with Crippen LogP contribution in [0.4, 0.5) is 10.5 Å². The molecule has 2 aromatic carbocycles. The zero-order chi connectivity index (χ0) is 16.4. The number of hydrogen-bond donors (Lipinski definition) is 0. The first-order valence-corrected chi connectivity index (χ1v) is 7.59. The number of halogens is 1. The predicted octanol–water partition coefficient (Wildman–Crippen LogP) is 4.87. The number of carbonyl (C=O) groups is 1. The second-order valence-electron chi connectivity index (χ2n) is 5.16. The van der Waals surface area contributed by atoms with E-state index in [4.69, 9.17) is 21.1 Å². The number of para-hydroxylation sites is 2. The van der Waals surface area contributed by atoms with Crippen molar-refractivity contribution < 1.29 is 14.3 Å². The summed E-state index contributed by atoms with van der Waals surface area (Å²) < 4.78 is 11.3. The van der Waals surface area contributed by atoms with Gasteiger partial charge in [-0.3, -0.25) is 0 Å². The normalized spacial score (nSPS) is 16.7. The fourth-order valence-electron chi connectivity index (χ4n) is 2.62. The average Bonchev–Trinajstić information content (AvgIpc) is 2.53. The number of aryl methyl sites for hydroxylation is 1. The summed E-state index contributed by atoms with van der Waals surface area (Å²) in [5.41, 5.74) is 2.22. The lowest BCUT2D eigenvalue weighted by Gasteiger charge is -2.36. The molecule has 0 aromatic heterocycles. The van der Waals surface area contributed by atoms with Crippen LogP contribution in [0.5, 0.6) is 5.75 Å². The number of benzene rings is 2. The number of ether oxygens (including phenoxy) is 2. The number of fused-ring (bicyclic) bond motifs is 1. The second kappa shape index (κ2) is 6.44. The molecular formula is C18H16ClNO3. The molecule has 1 unspecified atom stereocenters. The van der Waals surface area contributed by atoms with Crippen molar-refractivity contribution in [2.75, 3.05) is 11.5 Å². The third-order valence-electron chi connectivity index (χ3n) is 3.61. The van der Waals surface area contributed by atoms with E-state index in [0.29, 0.717) is 23.1 Å². The molecule has 1 aliphatic heterocycles. The van der Waals surface area contributed by atoms with Crippen LogP contribution in [0.1, 0.15) is 17.4 Å². The molecule has 1 heterocycles. The summed E-state index contributed by atoms with van der Waals surface area (Å²) in [6.45, 7) is 5.85. The molecule has 0 bridgehead atoms. The van der Waals surface area contributed by atoms with Crippen LogP contribution in [0, 0.1) is 6.92 Å². The van der Waals surface area contributed by atoms with Crippen molar-refractivity contribution in [3.8, 4) is 5.75 Å². The summed E-state index contributed by atoms with van der Waals surface area (Å²) in [4.78, 5) is 14.0.